The van der Waals surface area contributed by atoms with Crippen molar-refractivity contribution in [3.8, 4) is 0 Å². The number of carbonyl (C=O) groups excluding carboxylic acids is 1. The summed E-state index contributed by atoms with van der Waals surface area (Å²) in [5.41, 5.74) is 5.76. The molecule has 0 fully saturated rings. The molecule has 5 nitrogen and oxygen atoms in total. The zero-order valence-electron chi connectivity index (χ0n) is 8.35. The molecule has 0 bridgehead atoms. The summed E-state index contributed by atoms with van der Waals surface area (Å²) in [5, 5.41) is 0. The first-order valence-corrected chi connectivity index (χ1v) is 5.93. The first kappa shape index (κ1) is 11.5. The van der Waals surface area contributed by atoms with Gasteiger partial charge in [-0.1, -0.05) is 0 Å². The Labute approximate surface area is 87.8 Å². The predicted octanol–water partition coefficient (Wildman–Crippen LogP) is 0.459. The summed E-state index contributed by atoms with van der Waals surface area (Å²) >= 11 is 0. The molecule has 6 heteroatoms. The Balaban J connectivity index is 3.36. The molecule has 0 atom stereocenters. The molecule has 0 aliphatic heterocycles. The average molecular weight is 229 g/mol. The minimum Gasteiger partial charge on any atom is -0.465 e. The standard InChI is InChI=1S/C9H11NO4S/c1-14-9(11)6-3-4-7(10)8(5-6)15(2,12)13/h3-5H,10H2,1-2H3. The smallest absolute Gasteiger partial charge is 0.337 e. The molecule has 2 N–H and O–H groups in total. The number of sulfone groups is 1. The SMILES string of the molecule is COC(=O)c1ccc(N)c(S(C)(=O)=O)c1. The highest BCUT2D eigenvalue weighted by Crippen LogP contribution is 2.19. The minimum absolute atomic E-state index is 0.0644. The van der Waals surface area contributed by atoms with Gasteiger partial charge in [-0.15, -0.1) is 0 Å². The van der Waals surface area contributed by atoms with Gasteiger partial charge in [0.1, 0.15) is 0 Å². The Morgan fingerprint density at radius 3 is 2.47 bits per heavy atom. The predicted molar refractivity (Wildman–Crippen MR) is 55.3 cm³/mol. The van der Waals surface area contributed by atoms with Gasteiger partial charge < -0.3 is 10.5 Å². The Bertz CT molecular complexity index is 493. The van der Waals surface area contributed by atoms with Gasteiger partial charge in [-0.05, 0) is 18.2 Å². The van der Waals surface area contributed by atoms with Gasteiger partial charge in [-0.2, -0.15) is 0 Å². The molecule has 0 unspecified atom stereocenters. The van der Waals surface area contributed by atoms with E-state index in [4.69, 9.17) is 5.73 Å². The fourth-order valence-corrected chi connectivity index (χ4v) is 1.94. The number of hydrogen-bond acceptors (Lipinski definition) is 5. The van der Waals surface area contributed by atoms with Crippen LogP contribution in [-0.2, 0) is 14.6 Å². The topological polar surface area (TPSA) is 86.5 Å². The summed E-state index contributed by atoms with van der Waals surface area (Å²) in [5.74, 6) is -0.597. The molecular weight excluding hydrogens is 218 g/mol. The normalized spacial score (nSPS) is 11.1. The van der Waals surface area contributed by atoms with Crippen LogP contribution in [0.15, 0.2) is 23.1 Å². The lowest BCUT2D eigenvalue weighted by molar-refractivity contribution is 0.0600. The molecule has 0 aliphatic carbocycles. The minimum atomic E-state index is -3.43. The summed E-state index contributed by atoms with van der Waals surface area (Å²) in [7, 11) is -2.21. The first-order valence-electron chi connectivity index (χ1n) is 4.04. The van der Waals surface area contributed by atoms with Crippen molar-refractivity contribution in [1.29, 1.82) is 0 Å². The third-order valence-electron chi connectivity index (χ3n) is 1.83. The largest absolute Gasteiger partial charge is 0.465 e. The number of benzene rings is 1. The number of anilines is 1. The summed E-state index contributed by atoms with van der Waals surface area (Å²) in [6.07, 6.45) is 1.03. The van der Waals surface area contributed by atoms with E-state index in [1.165, 1.54) is 25.3 Å². The number of methoxy groups -OCH3 is 1. The van der Waals surface area contributed by atoms with E-state index >= 15 is 0 Å². The van der Waals surface area contributed by atoms with E-state index in [1.54, 1.807) is 0 Å². The number of rotatable bonds is 2. The third kappa shape index (κ3) is 2.47. The summed E-state index contributed by atoms with van der Waals surface area (Å²) in [6, 6.07) is 3.98. The highest BCUT2D eigenvalue weighted by molar-refractivity contribution is 7.90. The number of ether oxygens (including phenoxy) is 1. The number of nitrogen functional groups attached to an aromatic ring is 1. The molecule has 0 radical (unpaired) electrons. The van der Waals surface area contributed by atoms with Crippen LogP contribution >= 0.6 is 0 Å². The van der Waals surface area contributed by atoms with E-state index in [-0.39, 0.29) is 16.1 Å². The van der Waals surface area contributed by atoms with Crippen LogP contribution < -0.4 is 5.73 Å². The second-order valence-electron chi connectivity index (χ2n) is 3.02. The van der Waals surface area contributed by atoms with Crippen LogP contribution in [0.4, 0.5) is 5.69 Å². The molecule has 1 rings (SSSR count). The van der Waals surface area contributed by atoms with Crippen molar-refractivity contribution >= 4 is 21.5 Å². The Morgan fingerprint density at radius 1 is 1.40 bits per heavy atom. The van der Waals surface area contributed by atoms with E-state index in [1.807, 2.05) is 0 Å². The van der Waals surface area contributed by atoms with Crippen LogP contribution in [-0.4, -0.2) is 27.8 Å². The Morgan fingerprint density at radius 2 is 2.00 bits per heavy atom. The van der Waals surface area contributed by atoms with Crippen LogP contribution in [0.5, 0.6) is 0 Å². The van der Waals surface area contributed by atoms with Gasteiger partial charge in [-0.3, -0.25) is 0 Å². The molecule has 82 valence electrons. The van der Waals surface area contributed by atoms with E-state index in [9.17, 15) is 13.2 Å². The Kier molecular flexibility index (Phi) is 2.99. The summed E-state index contributed by atoms with van der Waals surface area (Å²) in [4.78, 5) is 11.1. The lowest BCUT2D eigenvalue weighted by Gasteiger charge is -2.05. The highest BCUT2D eigenvalue weighted by atomic mass is 32.2. The van der Waals surface area contributed by atoms with Gasteiger partial charge in [0.25, 0.3) is 0 Å². The summed E-state index contributed by atoms with van der Waals surface area (Å²) in [6.45, 7) is 0. The second-order valence-corrected chi connectivity index (χ2v) is 5.00. The monoisotopic (exact) mass is 229 g/mol. The third-order valence-corrected chi connectivity index (χ3v) is 2.99. The van der Waals surface area contributed by atoms with Gasteiger partial charge in [0.15, 0.2) is 9.84 Å². The van der Waals surface area contributed by atoms with Crippen molar-refractivity contribution in [2.45, 2.75) is 4.90 Å². The van der Waals surface area contributed by atoms with E-state index < -0.39 is 15.8 Å². The van der Waals surface area contributed by atoms with Crippen LogP contribution in [0, 0.1) is 0 Å². The fraction of sp³-hybridized carbons (Fsp3) is 0.222. The molecule has 0 saturated heterocycles. The van der Waals surface area contributed by atoms with E-state index in [2.05, 4.69) is 4.74 Å². The first-order chi connectivity index (χ1) is 6.86. The Hall–Kier alpha value is -1.56. The zero-order valence-corrected chi connectivity index (χ0v) is 9.17. The second kappa shape index (κ2) is 3.90. The van der Waals surface area contributed by atoms with Crippen LogP contribution in [0.1, 0.15) is 10.4 Å². The van der Waals surface area contributed by atoms with Crippen molar-refractivity contribution in [1.82, 2.24) is 0 Å². The highest BCUT2D eigenvalue weighted by Gasteiger charge is 2.15. The fourth-order valence-electron chi connectivity index (χ4n) is 1.10. The zero-order chi connectivity index (χ0) is 11.6. The molecule has 1 aromatic carbocycles. The molecular formula is C9H11NO4S. The van der Waals surface area contributed by atoms with Crippen LogP contribution in [0.3, 0.4) is 0 Å². The number of nitrogens with two attached hydrogens (primary N) is 1. The van der Waals surface area contributed by atoms with Crippen molar-refractivity contribution in [3.63, 3.8) is 0 Å². The molecule has 15 heavy (non-hydrogen) atoms. The summed E-state index contributed by atoms with van der Waals surface area (Å²) < 4.78 is 27.0. The molecule has 0 amide bonds. The van der Waals surface area contributed by atoms with Crippen molar-refractivity contribution < 1.29 is 17.9 Å². The van der Waals surface area contributed by atoms with Gasteiger partial charge in [0.2, 0.25) is 0 Å². The van der Waals surface area contributed by atoms with Crippen molar-refractivity contribution in [2.75, 3.05) is 19.1 Å². The van der Waals surface area contributed by atoms with Crippen molar-refractivity contribution in [3.05, 3.63) is 23.8 Å². The van der Waals surface area contributed by atoms with Crippen LogP contribution in [0.2, 0.25) is 0 Å². The van der Waals surface area contributed by atoms with E-state index in [0.717, 1.165) is 6.26 Å². The lowest BCUT2D eigenvalue weighted by Crippen LogP contribution is -2.07. The lowest BCUT2D eigenvalue weighted by atomic mass is 10.2. The number of hydrogen-bond donors (Lipinski definition) is 1. The molecule has 0 saturated carbocycles. The molecule has 0 heterocycles. The van der Waals surface area contributed by atoms with Gasteiger partial charge in [0.05, 0.1) is 23.3 Å². The molecule has 0 spiro atoms. The maximum atomic E-state index is 11.3. The number of esters is 1. The molecule has 0 aromatic heterocycles. The quantitative estimate of drug-likeness (QED) is 0.588. The maximum absolute atomic E-state index is 11.3. The van der Waals surface area contributed by atoms with Crippen molar-refractivity contribution in [2.24, 2.45) is 0 Å². The van der Waals surface area contributed by atoms with Gasteiger partial charge in [-0.25, -0.2) is 13.2 Å². The van der Waals surface area contributed by atoms with Gasteiger partial charge >= 0.3 is 5.97 Å². The molecule has 1 aromatic rings. The van der Waals surface area contributed by atoms with E-state index in [0.29, 0.717) is 0 Å². The van der Waals surface area contributed by atoms with Gasteiger partial charge in [0, 0.05) is 6.26 Å². The number of carbonyl (C=O) groups is 1. The maximum Gasteiger partial charge on any atom is 0.337 e. The molecule has 0 aliphatic rings. The van der Waals surface area contributed by atoms with Crippen LogP contribution in [0.25, 0.3) is 0 Å². The average Bonchev–Trinajstić information content (AvgIpc) is 2.15.